The van der Waals surface area contributed by atoms with Crippen molar-refractivity contribution < 1.29 is 28.5 Å². The van der Waals surface area contributed by atoms with Crippen molar-refractivity contribution in [2.24, 2.45) is 0 Å². The molecule has 0 saturated carbocycles. The molecule has 148 valence electrons. The highest BCUT2D eigenvalue weighted by Gasteiger charge is 2.11. The molecule has 0 heterocycles. The summed E-state index contributed by atoms with van der Waals surface area (Å²) in [4.78, 5) is 23.8. The third kappa shape index (κ3) is 5.75. The third-order valence-corrected chi connectivity index (χ3v) is 4.32. The standard InChI is InChI=1S/C20H20BrNO6/c1-25-16-11-18(27-3)17(26-2)10-13(16)8-9-20(24)28-12-19(23)22-15-7-5-4-6-14(15)21/h4-11H,12H2,1-3H3,(H,22,23)/b9-8+. The molecule has 7 nitrogen and oxygen atoms in total. The smallest absolute Gasteiger partial charge is 0.331 e. The van der Waals surface area contributed by atoms with Gasteiger partial charge >= 0.3 is 5.97 Å². The Bertz CT molecular complexity index is 881. The van der Waals surface area contributed by atoms with E-state index < -0.39 is 18.5 Å². The van der Waals surface area contributed by atoms with Crippen LogP contribution in [0.25, 0.3) is 6.08 Å². The first-order valence-corrected chi connectivity index (χ1v) is 8.97. The van der Waals surface area contributed by atoms with E-state index >= 15 is 0 Å². The molecule has 0 bridgehead atoms. The van der Waals surface area contributed by atoms with Crippen molar-refractivity contribution in [1.29, 1.82) is 0 Å². The van der Waals surface area contributed by atoms with Crippen LogP contribution in [0.3, 0.4) is 0 Å². The summed E-state index contributed by atoms with van der Waals surface area (Å²) < 4.78 is 21.4. The molecular formula is C20H20BrNO6. The average Bonchev–Trinajstić information content (AvgIpc) is 2.71. The van der Waals surface area contributed by atoms with Crippen molar-refractivity contribution in [3.63, 3.8) is 0 Å². The van der Waals surface area contributed by atoms with Gasteiger partial charge in [-0.2, -0.15) is 0 Å². The number of methoxy groups -OCH3 is 3. The van der Waals surface area contributed by atoms with Crippen molar-refractivity contribution in [3.8, 4) is 17.2 Å². The molecule has 0 aliphatic rings. The molecule has 0 unspecified atom stereocenters. The van der Waals surface area contributed by atoms with Crippen LogP contribution < -0.4 is 19.5 Å². The van der Waals surface area contributed by atoms with Gasteiger partial charge in [-0.05, 0) is 40.2 Å². The molecule has 8 heteroatoms. The van der Waals surface area contributed by atoms with Crippen LogP contribution in [0, 0.1) is 0 Å². The monoisotopic (exact) mass is 449 g/mol. The highest BCUT2D eigenvalue weighted by molar-refractivity contribution is 9.10. The Kier molecular flexibility index (Phi) is 7.88. The molecule has 2 aromatic rings. The maximum atomic E-state index is 11.9. The lowest BCUT2D eigenvalue weighted by Crippen LogP contribution is -2.20. The zero-order valence-electron chi connectivity index (χ0n) is 15.7. The number of hydrogen-bond acceptors (Lipinski definition) is 6. The fourth-order valence-electron chi connectivity index (χ4n) is 2.27. The lowest BCUT2D eigenvalue weighted by atomic mass is 10.1. The molecular weight excluding hydrogens is 430 g/mol. The van der Waals surface area contributed by atoms with E-state index in [9.17, 15) is 9.59 Å². The minimum atomic E-state index is -0.667. The summed E-state index contributed by atoms with van der Waals surface area (Å²) in [6, 6.07) is 10.4. The van der Waals surface area contributed by atoms with Gasteiger partial charge in [0, 0.05) is 22.2 Å². The first kappa shape index (κ1) is 21.3. The Morgan fingerprint density at radius 3 is 2.29 bits per heavy atom. The summed E-state index contributed by atoms with van der Waals surface area (Å²) >= 11 is 3.33. The van der Waals surface area contributed by atoms with Crippen LogP contribution in [0.1, 0.15) is 5.56 Å². The van der Waals surface area contributed by atoms with Gasteiger partial charge in [0.1, 0.15) is 5.75 Å². The van der Waals surface area contributed by atoms with Crippen LogP contribution in [-0.2, 0) is 14.3 Å². The molecule has 1 N–H and O–H groups in total. The van der Waals surface area contributed by atoms with E-state index in [1.165, 1.54) is 33.5 Å². The minimum absolute atomic E-state index is 0.409. The predicted molar refractivity (Wildman–Crippen MR) is 109 cm³/mol. The van der Waals surface area contributed by atoms with Gasteiger partial charge in [0.05, 0.1) is 27.0 Å². The molecule has 0 saturated heterocycles. The molecule has 0 aliphatic carbocycles. The van der Waals surface area contributed by atoms with Gasteiger partial charge in [-0.25, -0.2) is 4.79 Å². The Hall–Kier alpha value is -3.00. The average molecular weight is 450 g/mol. The van der Waals surface area contributed by atoms with Gasteiger partial charge in [0.25, 0.3) is 5.91 Å². The number of amides is 1. The van der Waals surface area contributed by atoms with E-state index in [-0.39, 0.29) is 0 Å². The normalized spacial score (nSPS) is 10.4. The molecule has 28 heavy (non-hydrogen) atoms. The van der Waals surface area contributed by atoms with Crippen LogP contribution in [-0.4, -0.2) is 39.8 Å². The number of ether oxygens (including phenoxy) is 4. The lowest BCUT2D eigenvalue weighted by Gasteiger charge is -2.12. The van der Waals surface area contributed by atoms with Crippen molar-refractivity contribution in [2.75, 3.05) is 33.3 Å². The van der Waals surface area contributed by atoms with Gasteiger partial charge in [-0.1, -0.05) is 12.1 Å². The van der Waals surface area contributed by atoms with Crippen molar-refractivity contribution >= 4 is 39.6 Å². The van der Waals surface area contributed by atoms with Crippen molar-refractivity contribution in [1.82, 2.24) is 0 Å². The van der Waals surface area contributed by atoms with Crippen LogP contribution in [0.2, 0.25) is 0 Å². The Morgan fingerprint density at radius 2 is 1.64 bits per heavy atom. The fourth-order valence-corrected chi connectivity index (χ4v) is 2.66. The van der Waals surface area contributed by atoms with E-state index in [2.05, 4.69) is 21.2 Å². The number of nitrogens with one attached hydrogen (secondary N) is 1. The van der Waals surface area contributed by atoms with Gasteiger partial charge in [-0.3, -0.25) is 4.79 Å². The van der Waals surface area contributed by atoms with Gasteiger partial charge in [0.2, 0.25) is 0 Å². The number of anilines is 1. The van der Waals surface area contributed by atoms with Gasteiger partial charge in [0.15, 0.2) is 18.1 Å². The summed E-state index contributed by atoms with van der Waals surface area (Å²) in [7, 11) is 4.53. The maximum Gasteiger partial charge on any atom is 0.331 e. The highest BCUT2D eigenvalue weighted by atomic mass is 79.9. The molecule has 0 atom stereocenters. The van der Waals surface area contributed by atoms with E-state index in [0.717, 1.165) is 4.47 Å². The van der Waals surface area contributed by atoms with Gasteiger partial charge in [-0.15, -0.1) is 0 Å². The Labute approximate surface area is 171 Å². The number of hydrogen-bond donors (Lipinski definition) is 1. The van der Waals surface area contributed by atoms with Crippen molar-refractivity contribution in [2.45, 2.75) is 0 Å². The number of benzene rings is 2. The number of esters is 1. The van der Waals surface area contributed by atoms with Crippen LogP contribution >= 0.6 is 15.9 Å². The summed E-state index contributed by atoms with van der Waals surface area (Å²) in [5, 5.41) is 2.65. The number of halogens is 1. The van der Waals surface area contributed by atoms with E-state index in [1.807, 2.05) is 6.07 Å². The number of rotatable bonds is 8. The summed E-state index contributed by atoms with van der Waals surface area (Å²) in [5.41, 5.74) is 1.18. The van der Waals surface area contributed by atoms with Gasteiger partial charge < -0.3 is 24.3 Å². The van der Waals surface area contributed by atoms with Crippen LogP contribution in [0.15, 0.2) is 46.9 Å². The first-order chi connectivity index (χ1) is 13.5. The highest BCUT2D eigenvalue weighted by Crippen LogP contribution is 2.35. The summed E-state index contributed by atoms with van der Waals surface area (Å²) in [6.07, 6.45) is 2.71. The number of para-hydroxylation sites is 1. The molecule has 0 radical (unpaired) electrons. The Morgan fingerprint density at radius 1 is 1.00 bits per heavy atom. The lowest BCUT2D eigenvalue weighted by molar-refractivity contribution is -0.142. The molecule has 2 rings (SSSR count). The number of carbonyl (C=O) groups excluding carboxylic acids is 2. The predicted octanol–water partition coefficient (Wildman–Crippen LogP) is 3.67. The van der Waals surface area contributed by atoms with Crippen LogP contribution in [0.5, 0.6) is 17.2 Å². The molecule has 2 aromatic carbocycles. The van der Waals surface area contributed by atoms with Crippen molar-refractivity contribution in [3.05, 3.63) is 52.5 Å². The maximum absolute atomic E-state index is 11.9. The van der Waals surface area contributed by atoms with E-state index in [4.69, 9.17) is 18.9 Å². The topological polar surface area (TPSA) is 83.1 Å². The fraction of sp³-hybridized carbons (Fsp3) is 0.200. The summed E-state index contributed by atoms with van der Waals surface area (Å²) in [5.74, 6) is 0.372. The minimum Gasteiger partial charge on any atom is -0.496 e. The molecule has 0 aromatic heterocycles. The third-order valence-electron chi connectivity index (χ3n) is 3.63. The second-order valence-corrected chi connectivity index (χ2v) is 6.27. The molecule has 1 amide bonds. The van der Waals surface area contributed by atoms with E-state index in [1.54, 1.807) is 30.3 Å². The molecule has 0 aliphatic heterocycles. The number of carbonyl (C=O) groups is 2. The first-order valence-electron chi connectivity index (χ1n) is 8.17. The zero-order valence-corrected chi connectivity index (χ0v) is 17.2. The zero-order chi connectivity index (χ0) is 20.5. The molecule has 0 spiro atoms. The molecule has 0 fully saturated rings. The second kappa shape index (κ2) is 10.4. The second-order valence-electron chi connectivity index (χ2n) is 5.42. The largest absolute Gasteiger partial charge is 0.496 e. The summed E-state index contributed by atoms with van der Waals surface area (Å²) in [6.45, 7) is -0.409. The van der Waals surface area contributed by atoms with E-state index in [0.29, 0.717) is 28.5 Å². The SMILES string of the molecule is COc1cc(OC)c(OC)cc1/C=C/C(=O)OCC(=O)Nc1ccccc1Br. The Balaban J connectivity index is 1.98. The quantitative estimate of drug-likeness (QED) is 0.488. The van der Waals surface area contributed by atoms with Crippen LogP contribution in [0.4, 0.5) is 5.69 Å².